The summed E-state index contributed by atoms with van der Waals surface area (Å²) >= 11 is 5.96. The highest BCUT2D eigenvalue weighted by Crippen LogP contribution is 2.23. The highest BCUT2D eigenvalue weighted by Gasteiger charge is 2.27. The number of nitriles is 1. The number of halogens is 1. The van der Waals surface area contributed by atoms with Crippen molar-refractivity contribution >= 4 is 23.1 Å². The molecule has 1 aromatic heterocycles. The van der Waals surface area contributed by atoms with E-state index in [1.54, 1.807) is 0 Å². The Morgan fingerprint density at radius 3 is 2.26 bits per heavy atom. The lowest BCUT2D eigenvalue weighted by Crippen LogP contribution is -2.48. The predicted molar refractivity (Wildman–Crippen MR) is 93.1 cm³/mol. The first-order valence-corrected chi connectivity index (χ1v) is 8.15. The highest BCUT2D eigenvalue weighted by atomic mass is 35.5. The molecule has 5 heteroatoms. The zero-order chi connectivity index (χ0) is 16.4. The van der Waals surface area contributed by atoms with E-state index >= 15 is 0 Å². The maximum absolute atomic E-state index is 9.46. The maximum atomic E-state index is 9.46. The van der Waals surface area contributed by atoms with Gasteiger partial charge in [-0.1, -0.05) is 11.6 Å². The van der Waals surface area contributed by atoms with Gasteiger partial charge in [0.25, 0.3) is 5.82 Å². The van der Waals surface area contributed by atoms with E-state index in [-0.39, 0.29) is 0 Å². The van der Waals surface area contributed by atoms with E-state index in [1.807, 2.05) is 32.0 Å². The Morgan fingerprint density at radius 1 is 1.04 bits per heavy atom. The second-order valence-electron chi connectivity index (χ2n) is 5.92. The number of H-pyrrole nitrogens is 1. The average Bonchev–Trinajstić information content (AvgIpc) is 2.55. The standard InChI is InChI=1S/C18H19ClN4/c1-13-11-14(2)21-18(17(13)12-20)23-9-7-22(8-10-23)16-5-3-15(19)4-6-16/h3-6,11H,7-10H2,1-2H3/p+1. The van der Waals surface area contributed by atoms with Crippen LogP contribution in [0.15, 0.2) is 30.3 Å². The number of anilines is 2. The van der Waals surface area contributed by atoms with Gasteiger partial charge in [-0.25, -0.2) is 4.98 Å². The molecule has 23 heavy (non-hydrogen) atoms. The number of piperazine rings is 1. The van der Waals surface area contributed by atoms with Crippen LogP contribution < -0.4 is 14.8 Å². The van der Waals surface area contributed by atoms with Crippen molar-refractivity contribution in [1.82, 2.24) is 0 Å². The number of nitrogens with zero attached hydrogens (tertiary/aromatic N) is 3. The lowest BCUT2D eigenvalue weighted by atomic mass is 10.1. The molecule has 0 radical (unpaired) electrons. The second kappa shape index (κ2) is 6.47. The van der Waals surface area contributed by atoms with Crippen molar-refractivity contribution in [3.8, 4) is 6.07 Å². The fraction of sp³-hybridized carbons (Fsp3) is 0.333. The minimum atomic E-state index is 0.746. The van der Waals surface area contributed by atoms with Crippen molar-refractivity contribution in [3.63, 3.8) is 0 Å². The molecule has 2 aromatic rings. The Balaban J connectivity index is 1.77. The van der Waals surface area contributed by atoms with Gasteiger partial charge in [-0.2, -0.15) is 5.26 Å². The highest BCUT2D eigenvalue weighted by molar-refractivity contribution is 6.30. The van der Waals surface area contributed by atoms with Crippen LogP contribution in [0.3, 0.4) is 0 Å². The number of nitrogens with one attached hydrogen (secondary N) is 1. The molecule has 1 N–H and O–H groups in total. The molecular formula is C18H20ClN4+. The third kappa shape index (κ3) is 3.25. The van der Waals surface area contributed by atoms with E-state index in [4.69, 9.17) is 11.6 Å². The number of hydrogen-bond donors (Lipinski definition) is 0. The van der Waals surface area contributed by atoms with E-state index in [0.717, 1.165) is 53.8 Å². The van der Waals surface area contributed by atoms with Gasteiger partial charge in [-0.05, 0) is 49.7 Å². The summed E-state index contributed by atoms with van der Waals surface area (Å²) in [5.41, 5.74) is 4.05. The van der Waals surface area contributed by atoms with Gasteiger partial charge in [-0.15, -0.1) is 0 Å². The number of aromatic amines is 1. The second-order valence-corrected chi connectivity index (χ2v) is 6.36. The smallest absolute Gasteiger partial charge is 0.293 e. The topological polar surface area (TPSA) is 44.4 Å². The average molecular weight is 328 g/mol. The SMILES string of the molecule is Cc1cc(C)c(C#N)c(N2CCN(c3ccc(Cl)cc3)CC2)[nH+]1. The number of rotatable bonds is 2. The molecule has 0 spiro atoms. The Labute approximate surface area is 141 Å². The lowest BCUT2D eigenvalue weighted by Gasteiger charge is -2.33. The molecule has 0 amide bonds. The first-order valence-electron chi connectivity index (χ1n) is 7.77. The summed E-state index contributed by atoms with van der Waals surface area (Å²) in [6.07, 6.45) is 0. The third-order valence-electron chi connectivity index (χ3n) is 4.28. The monoisotopic (exact) mass is 327 g/mol. The predicted octanol–water partition coefficient (Wildman–Crippen LogP) is 2.97. The number of hydrogen-bond acceptors (Lipinski definition) is 3. The van der Waals surface area contributed by atoms with Crippen molar-refractivity contribution in [2.45, 2.75) is 13.8 Å². The Morgan fingerprint density at radius 2 is 1.65 bits per heavy atom. The van der Waals surface area contributed by atoms with Crippen molar-refractivity contribution in [2.24, 2.45) is 0 Å². The zero-order valence-corrected chi connectivity index (χ0v) is 14.2. The van der Waals surface area contributed by atoms with Gasteiger partial charge in [-0.3, -0.25) is 4.90 Å². The maximum Gasteiger partial charge on any atom is 0.293 e. The molecule has 3 rings (SSSR count). The lowest BCUT2D eigenvalue weighted by molar-refractivity contribution is -0.374. The van der Waals surface area contributed by atoms with Crippen LogP contribution in [-0.2, 0) is 0 Å². The van der Waals surface area contributed by atoms with Crippen molar-refractivity contribution in [1.29, 1.82) is 5.26 Å². The molecule has 4 nitrogen and oxygen atoms in total. The molecule has 1 saturated heterocycles. The molecule has 1 aromatic carbocycles. The fourth-order valence-electron chi connectivity index (χ4n) is 3.09. The molecule has 0 bridgehead atoms. The summed E-state index contributed by atoms with van der Waals surface area (Å²) in [5.74, 6) is 0.945. The molecule has 0 aliphatic carbocycles. The van der Waals surface area contributed by atoms with Gasteiger partial charge >= 0.3 is 0 Å². The minimum absolute atomic E-state index is 0.746. The number of pyridine rings is 1. The van der Waals surface area contributed by atoms with Gasteiger partial charge in [0.15, 0.2) is 0 Å². The Hall–Kier alpha value is -2.25. The molecule has 1 aliphatic rings. The summed E-state index contributed by atoms with van der Waals surface area (Å²) < 4.78 is 0. The van der Waals surface area contributed by atoms with Gasteiger partial charge in [0, 0.05) is 10.7 Å². The van der Waals surface area contributed by atoms with Crippen LogP contribution in [0.1, 0.15) is 16.8 Å². The normalized spacial score (nSPS) is 14.7. The minimum Gasteiger partial charge on any atom is -0.364 e. The molecule has 1 aliphatic heterocycles. The first-order chi connectivity index (χ1) is 11.1. The summed E-state index contributed by atoms with van der Waals surface area (Å²) in [4.78, 5) is 7.98. The first kappa shape index (κ1) is 15.6. The largest absolute Gasteiger partial charge is 0.364 e. The van der Waals surface area contributed by atoms with Gasteiger partial charge in [0.2, 0.25) is 0 Å². The van der Waals surface area contributed by atoms with Crippen molar-refractivity contribution < 1.29 is 4.98 Å². The third-order valence-corrected chi connectivity index (χ3v) is 4.53. The Kier molecular flexibility index (Phi) is 4.40. The summed E-state index contributed by atoms with van der Waals surface area (Å²) in [5, 5.41) is 10.2. The molecule has 0 unspecified atom stereocenters. The van der Waals surface area contributed by atoms with Crippen LogP contribution in [0.25, 0.3) is 0 Å². The van der Waals surface area contributed by atoms with Crippen LogP contribution in [0, 0.1) is 25.2 Å². The van der Waals surface area contributed by atoms with Crippen molar-refractivity contribution in [2.75, 3.05) is 36.0 Å². The number of aryl methyl sites for hydroxylation is 2. The van der Waals surface area contributed by atoms with E-state index in [9.17, 15) is 5.26 Å². The van der Waals surface area contributed by atoms with Crippen molar-refractivity contribution in [3.05, 3.63) is 52.2 Å². The van der Waals surface area contributed by atoms with E-state index in [0.29, 0.717) is 0 Å². The molecular weight excluding hydrogens is 308 g/mol. The molecule has 0 saturated carbocycles. The fourth-order valence-corrected chi connectivity index (χ4v) is 3.21. The van der Waals surface area contributed by atoms with Crippen LogP contribution in [0.4, 0.5) is 11.5 Å². The van der Waals surface area contributed by atoms with Crippen LogP contribution in [0.2, 0.25) is 5.02 Å². The summed E-state index contributed by atoms with van der Waals surface area (Å²) in [6.45, 7) is 7.64. The van der Waals surface area contributed by atoms with Crippen LogP contribution >= 0.6 is 11.6 Å². The van der Waals surface area contributed by atoms with E-state index < -0.39 is 0 Å². The molecule has 2 heterocycles. The van der Waals surface area contributed by atoms with Gasteiger partial charge in [0.1, 0.15) is 24.7 Å². The number of aromatic nitrogens is 1. The van der Waals surface area contributed by atoms with E-state index in [1.165, 1.54) is 5.69 Å². The Bertz CT molecular complexity index is 741. The molecule has 118 valence electrons. The zero-order valence-electron chi connectivity index (χ0n) is 13.4. The summed E-state index contributed by atoms with van der Waals surface area (Å²) in [7, 11) is 0. The van der Waals surface area contributed by atoms with Gasteiger partial charge < -0.3 is 4.90 Å². The van der Waals surface area contributed by atoms with Gasteiger partial charge in [0.05, 0.1) is 18.8 Å². The number of benzene rings is 1. The van der Waals surface area contributed by atoms with Crippen LogP contribution in [-0.4, -0.2) is 26.2 Å². The molecule has 1 fully saturated rings. The molecule has 0 atom stereocenters. The summed E-state index contributed by atoms with van der Waals surface area (Å²) in [6, 6.07) is 12.3. The quantitative estimate of drug-likeness (QED) is 0.851. The van der Waals surface area contributed by atoms with Crippen LogP contribution in [0.5, 0.6) is 0 Å². The van der Waals surface area contributed by atoms with E-state index in [2.05, 4.69) is 33.0 Å².